The molecule has 0 radical (unpaired) electrons. The van der Waals surface area contributed by atoms with Crippen molar-refractivity contribution in [3.63, 3.8) is 0 Å². The van der Waals surface area contributed by atoms with Crippen LogP contribution in [0.5, 0.6) is 5.75 Å². The molecule has 0 saturated carbocycles. The Morgan fingerprint density at radius 2 is 1.32 bits per heavy atom. The van der Waals surface area contributed by atoms with Crippen molar-refractivity contribution < 1.29 is 4.74 Å². The van der Waals surface area contributed by atoms with Crippen LogP contribution in [0.4, 0.5) is 17.1 Å². The van der Waals surface area contributed by atoms with Crippen LogP contribution in [-0.2, 0) is 0 Å². The Hall–Kier alpha value is -1.43. The standard InChI is InChI=1S/C26H27Br2NOS/c1-2-3-4-5-6-7-16-30-22-12-10-21(11-13-22)29-23-14-8-19(27)17-25(23)31-26-18-20(28)9-15-24(26)29/h8-15,17-18H,2-7,16H2,1H3. The summed E-state index contributed by atoms with van der Waals surface area (Å²) < 4.78 is 8.18. The molecule has 4 rings (SSSR count). The maximum absolute atomic E-state index is 5.99. The summed E-state index contributed by atoms with van der Waals surface area (Å²) in [7, 11) is 0. The van der Waals surface area contributed by atoms with Crippen LogP contribution < -0.4 is 9.64 Å². The number of unbranched alkanes of at least 4 members (excludes halogenated alkanes) is 5. The van der Waals surface area contributed by atoms with Crippen LogP contribution in [0.15, 0.2) is 79.4 Å². The SMILES string of the molecule is CCCCCCCCOc1ccc(N2c3ccc(Br)cc3Sc3cc(Br)ccc32)cc1. The Morgan fingerprint density at radius 3 is 1.94 bits per heavy atom. The first-order valence-electron chi connectivity index (χ1n) is 11.0. The molecule has 0 saturated heterocycles. The molecule has 0 bridgehead atoms. The number of halogens is 2. The molecule has 1 aliphatic rings. The van der Waals surface area contributed by atoms with Gasteiger partial charge in [0.25, 0.3) is 0 Å². The number of hydrogen-bond acceptors (Lipinski definition) is 3. The topological polar surface area (TPSA) is 12.5 Å². The summed E-state index contributed by atoms with van der Waals surface area (Å²) in [6.45, 7) is 3.05. The molecule has 5 heteroatoms. The minimum absolute atomic E-state index is 0.791. The second kappa shape index (κ2) is 10.9. The monoisotopic (exact) mass is 559 g/mol. The molecule has 2 nitrogen and oxygen atoms in total. The molecule has 0 aromatic heterocycles. The van der Waals surface area contributed by atoms with Crippen molar-refractivity contribution in [2.45, 2.75) is 55.2 Å². The Balaban J connectivity index is 1.49. The van der Waals surface area contributed by atoms with Gasteiger partial charge in [-0.25, -0.2) is 0 Å². The number of benzene rings is 3. The van der Waals surface area contributed by atoms with Crippen LogP contribution in [-0.4, -0.2) is 6.61 Å². The number of ether oxygens (including phenoxy) is 1. The fraction of sp³-hybridized carbons (Fsp3) is 0.308. The van der Waals surface area contributed by atoms with E-state index in [4.69, 9.17) is 4.74 Å². The number of anilines is 3. The predicted molar refractivity (Wildman–Crippen MR) is 140 cm³/mol. The molecule has 0 atom stereocenters. The van der Waals surface area contributed by atoms with Crippen LogP contribution in [0, 0.1) is 0 Å². The van der Waals surface area contributed by atoms with E-state index in [0.29, 0.717) is 0 Å². The van der Waals surface area contributed by atoms with Gasteiger partial charge in [0.15, 0.2) is 0 Å². The van der Waals surface area contributed by atoms with Crippen LogP contribution in [0.25, 0.3) is 0 Å². The van der Waals surface area contributed by atoms with Gasteiger partial charge >= 0.3 is 0 Å². The summed E-state index contributed by atoms with van der Waals surface area (Å²) in [4.78, 5) is 4.81. The molecule has 0 fully saturated rings. The third-order valence-corrected chi connectivity index (χ3v) is 7.49. The lowest BCUT2D eigenvalue weighted by molar-refractivity contribution is 0.304. The molecule has 0 amide bonds. The highest BCUT2D eigenvalue weighted by atomic mass is 79.9. The van der Waals surface area contributed by atoms with Gasteiger partial charge in [-0.1, -0.05) is 82.6 Å². The summed E-state index contributed by atoms with van der Waals surface area (Å²) in [6, 6.07) is 21.4. The zero-order chi connectivity index (χ0) is 21.6. The predicted octanol–water partition coefficient (Wildman–Crippen LogP) is 9.89. The van der Waals surface area contributed by atoms with Gasteiger partial charge in [0, 0.05) is 24.4 Å². The Labute approximate surface area is 206 Å². The van der Waals surface area contributed by atoms with Crippen molar-refractivity contribution in [1.29, 1.82) is 0 Å². The van der Waals surface area contributed by atoms with Crippen molar-refractivity contribution in [2.75, 3.05) is 11.5 Å². The van der Waals surface area contributed by atoms with Gasteiger partial charge in [-0.05, 0) is 67.1 Å². The number of hydrogen-bond donors (Lipinski definition) is 0. The zero-order valence-corrected chi connectivity index (χ0v) is 21.7. The van der Waals surface area contributed by atoms with Crippen molar-refractivity contribution in [1.82, 2.24) is 0 Å². The van der Waals surface area contributed by atoms with E-state index in [0.717, 1.165) is 33.4 Å². The van der Waals surface area contributed by atoms with Crippen molar-refractivity contribution >= 4 is 60.7 Å². The molecular formula is C26H27Br2NOS. The van der Waals surface area contributed by atoms with Gasteiger partial charge in [0.05, 0.1) is 18.0 Å². The van der Waals surface area contributed by atoms with Crippen molar-refractivity contribution in [2.24, 2.45) is 0 Å². The van der Waals surface area contributed by atoms with E-state index in [1.165, 1.54) is 53.3 Å². The third-order valence-electron chi connectivity index (χ3n) is 5.41. The first-order valence-corrected chi connectivity index (χ1v) is 13.4. The maximum atomic E-state index is 5.99. The fourth-order valence-corrected chi connectivity index (χ4v) is 5.96. The number of fused-ring (bicyclic) bond motifs is 2. The van der Waals surface area contributed by atoms with Gasteiger partial charge in [0.1, 0.15) is 5.75 Å². The molecule has 0 aliphatic carbocycles. The molecule has 1 aliphatic heterocycles. The molecule has 3 aromatic rings. The van der Waals surface area contributed by atoms with Crippen LogP contribution in [0.2, 0.25) is 0 Å². The first-order chi connectivity index (χ1) is 15.2. The Morgan fingerprint density at radius 1 is 0.742 bits per heavy atom. The fourth-order valence-electron chi connectivity index (χ4n) is 3.80. The van der Waals surface area contributed by atoms with Gasteiger partial charge in [-0.15, -0.1) is 0 Å². The molecule has 1 heterocycles. The molecule has 0 spiro atoms. The van der Waals surface area contributed by atoms with E-state index in [1.807, 2.05) is 0 Å². The molecule has 0 unspecified atom stereocenters. The summed E-state index contributed by atoms with van der Waals surface area (Å²) in [5, 5.41) is 0. The second-order valence-corrected chi connectivity index (χ2v) is 10.7. The van der Waals surface area contributed by atoms with E-state index in [1.54, 1.807) is 11.8 Å². The Kier molecular flexibility index (Phi) is 8.02. The molecule has 31 heavy (non-hydrogen) atoms. The minimum atomic E-state index is 0.791. The molecular weight excluding hydrogens is 534 g/mol. The van der Waals surface area contributed by atoms with Crippen LogP contribution in [0.3, 0.4) is 0 Å². The van der Waals surface area contributed by atoms with E-state index < -0.39 is 0 Å². The van der Waals surface area contributed by atoms with Crippen molar-refractivity contribution in [3.05, 3.63) is 69.6 Å². The minimum Gasteiger partial charge on any atom is -0.494 e. The maximum Gasteiger partial charge on any atom is 0.119 e. The highest BCUT2D eigenvalue weighted by Gasteiger charge is 2.25. The van der Waals surface area contributed by atoms with Crippen LogP contribution >= 0.6 is 43.6 Å². The second-order valence-electron chi connectivity index (χ2n) is 7.77. The average Bonchev–Trinajstić information content (AvgIpc) is 2.77. The van der Waals surface area contributed by atoms with Gasteiger partial charge in [-0.2, -0.15) is 0 Å². The summed E-state index contributed by atoms with van der Waals surface area (Å²) in [5.41, 5.74) is 3.53. The molecule has 3 aromatic carbocycles. The van der Waals surface area contributed by atoms with Gasteiger partial charge in [0.2, 0.25) is 0 Å². The summed E-state index contributed by atoms with van der Waals surface area (Å²) in [5.74, 6) is 0.941. The zero-order valence-electron chi connectivity index (χ0n) is 17.7. The normalized spacial score (nSPS) is 12.4. The highest BCUT2D eigenvalue weighted by molar-refractivity contribution is 9.10. The largest absolute Gasteiger partial charge is 0.494 e. The third kappa shape index (κ3) is 5.68. The lowest BCUT2D eigenvalue weighted by atomic mass is 10.1. The average molecular weight is 561 g/mol. The van der Waals surface area contributed by atoms with E-state index in [9.17, 15) is 0 Å². The number of nitrogens with zero attached hydrogens (tertiary/aromatic N) is 1. The summed E-state index contributed by atoms with van der Waals surface area (Å²) >= 11 is 9.05. The van der Waals surface area contributed by atoms with E-state index in [-0.39, 0.29) is 0 Å². The lowest BCUT2D eigenvalue weighted by Gasteiger charge is -2.33. The van der Waals surface area contributed by atoms with E-state index in [2.05, 4.69) is 104 Å². The molecule has 0 N–H and O–H groups in total. The van der Waals surface area contributed by atoms with E-state index >= 15 is 0 Å². The lowest BCUT2D eigenvalue weighted by Crippen LogP contribution is -2.14. The highest BCUT2D eigenvalue weighted by Crippen LogP contribution is 2.52. The quantitative estimate of drug-likeness (QED) is 0.189. The Bertz CT molecular complexity index is 971. The van der Waals surface area contributed by atoms with Crippen molar-refractivity contribution in [3.8, 4) is 5.75 Å². The van der Waals surface area contributed by atoms with Gasteiger partial charge < -0.3 is 9.64 Å². The molecule has 162 valence electrons. The number of rotatable bonds is 9. The first kappa shape index (κ1) is 22.8. The van der Waals surface area contributed by atoms with Gasteiger partial charge in [-0.3, -0.25) is 0 Å². The summed E-state index contributed by atoms with van der Waals surface area (Å²) in [6.07, 6.45) is 7.67. The van der Waals surface area contributed by atoms with Crippen LogP contribution in [0.1, 0.15) is 45.4 Å². The smallest absolute Gasteiger partial charge is 0.119 e.